The fourth-order valence-corrected chi connectivity index (χ4v) is 2.74. The van der Waals surface area contributed by atoms with Crippen LogP contribution in [0.1, 0.15) is 25.7 Å². The van der Waals surface area contributed by atoms with Gasteiger partial charge in [-0.3, -0.25) is 5.43 Å². The lowest BCUT2D eigenvalue weighted by molar-refractivity contribution is 0.412. The molecule has 0 bridgehead atoms. The van der Waals surface area contributed by atoms with Crippen LogP contribution in [0.15, 0.2) is 27.7 Å². The van der Waals surface area contributed by atoms with E-state index in [0.717, 1.165) is 28.8 Å². The minimum absolute atomic E-state index is 0.375. The molecule has 0 saturated heterocycles. The van der Waals surface area contributed by atoms with Crippen LogP contribution in [0, 0.1) is 0 Å². The van der Waals surface area contributed by atoms with Crippen molar-refractivity contribution in [1.29, 1.82) is 0 Å². The van der Waals surface area contributed by atoms with Gasteiger partial charge in [-0.2, -0.15) is 0 Å². The highest BCUT2D eigenvalue weighted by atomic mass is 79.9. The molecule has 19 heavy (non-hydrogen) atoms. The van der Waals surface area contributed by atoms with Gasteiger partial charge in [0, 0.05) is 5.69 Å². The van der Waals surface area contributed by atoms with Crippen molar-refractivity contribution in [3.8, 4) is 5.75 Å². The predicted molar refractivity (Wildman–Crippen MR) is 81.3 cm³/mol. The number of anilines is 1. The van der Waals surface area contributed by atoms with Crippen molar-refractivity contribution in [2.24, 2.45) is 10.8 Å². The van der Waals surface area contributed by atoms with Crippen molar-refractivity contribution in [1.82, 2.24) is 5.43 Å². The minimum atomic E-state index is 0.375. The summed E-state index contributed by atoms with van der Waals surface area (Å²) in [6, 6.07) is 6.11. The lowest BCUT2D eigenvalue weighted by Gasteiger charge is -2.13. The van der Waals surface area contributed by atoms with Gasteiger partial charge in [0.1, 0.15) is 5.75 Å². The Labute approximate surface area is 121 Å². The highest BCUT2D eigenvalue weighted by Crippen LogP contribution is 2.27. The average molecular weight is 327 g/mol. The standard InChI is InChI=1S/C13H19BrN4O/c1-19-12-7-6-10(8-11(12)14)17-13(18-15)16-9-4-2-3-5-9/h6-9H,2-5,15H2,1H3,(H2,16,17,18). The smallest absolute Gasteiger partial charge is 0.210 e. The summed E-state index contributed by atoms with van der Waals surface area (Å²) >= 11 is 3.45. The number of nitrogens with one attached hydrogen (secondary N) is 2. The number of guanidine groups is 1. The van der Waals surface area contributed by atoms with Gasteiger partial charge in [0.15, 0.2) is 0 Å². The number of halogens is 1. The van der Waals surface area contributed by atoms with Gasteiger partial charge < -0.3 is 10.1 Å². The SMILES string of the molecule is COc1ccc(NC(=NC2CCCC2)NN)cc1Br. The van der Waals surface area contributed by atoms with Gasteiger partial charge in [0.25, 0.3) is 0 Å². The molecule has 0 spiro atoms. The molecular formula is C13H19BrN4O. The largest absolute Gasteiger partial charge is 0.496 e. The average Bonchev–Trinajstić information content (AvgIpc) is 2.91. The zero-order chi connectivity index (χ0) is 13.7. The maximum atomic E-state index is 5.51. The minimum Gasteiger partial charge on any atom is -0.496 e. The molecule has 0 radical (unpaired) electrons. The Morgan fingerprint density at radius 2 is 2.16 bits per heavy atom. The fraction of sp³-hybridized carbons (Fsp3) is 0.462. The number of hydrazine groups is 1. The van der Waals surface area contributed by atoms with Crippen molar-refractivity contribution in [3.63, 3.8) is 0 Å². The predicted octanol–water partition coefficient (Wildman–Crippen LogP) is 2.63. The van der Waals surface area contributed by atoms with E-state index in [2.05, 4.69) is 31.7 Å². The van der Waals surface area contributed by atoms with Gasteiger partial charge >= 0.3 is 0 Å². The second kappa shape index (κ2) is 6.77. The molecule has 0 amide bonds. The lowest BCUT2D eigenvalue weighted by atomic mass is 10.3. The van der Waals surface area contributed by atoms with Crippen LogP contribution in [-0.2, 0) is 0 Å². The first-order valence-electron chi connectivity index (χ1n) is 6.38. The Morgan fingerprint density at radius 1 is 1.42 bits per heavy atom. The molecule has 2 rings (SSSR count). The summed E-state index contributed by atoms with van der Waals surface area (Å²) in [5, 5.41) is 3.18. The molecule has 1 saturated carbocycles. The normalized spacial score (nSPS) is 16.5. The summed E-state index contributed by atoms with van der Waals surface area (Å²) < 4.78 is 6.08. The molecule has 1 aromatic rings. The topological polar surface area (TPSA) is 71.7 Å². The quantitative estimate of drug-likeness (QED) is 0.345. The van der Waals surface area contributed by atoms with Crippen molar-refractivity contribution >= 4 is 27.6 Å². The molecule has 5 nitrogen and oxygen atoms in total. The van der Waals surface area contributed by atoms with E-state index in [-0.39, 0.29) is 0 Å². The van der Waals surface area contributed by atoms with E-state index in [0.29, 0.717) is 12.0 Å². The third-order valence-corrected chi connectivity index (χ3v) is 3.81. The van der Waals surface area contributed by atoms with Crippen LogP contribution in [0.2, 0.25) is 0 Å². The number of hydrogen-bond donors (Lipinski definition) is 3. The summed E-state index contributed by atoms with van der Waals surface area (Å²) in [5.74, 6) is 6.91. The Bertz CT molecular complexity index is 458. The van der Waals surface area contributed by atoms with Crippen LogP contribution in [0.3, 0.4) is 0 Å². The first-order chi connectivity index (χ1) is 9.22. The molecule has 1 fully saturated rings. The zero-order valence-electron chi connectivity index (χ0n) is 10.9. The molecule has 1 aliphatic carbocycles. The van der Waals surface area contributed by atoms with Crippen LogP contribution in [-0.4, -0.2) is 19.1 Å². The Balaban J connectivity index is 2.07. The summed E-state index contributed by atoms with van der Waals surface area (Å²) in [6.45, 7) is 0. The van der Waals surface area contributed by atoms with Crippen molar-refractivity contribution < 1.29 is 4.74 Å². The van der Waals surface area contributed by atoms with Crippen LogP contribution in [0.5, 0.6) is 5.75 Å². The van der Waals surface area contributed by atoms with Crippen LogP contribution < -0.4 is 21.3 Å². The van der Waals surface area contributed by atoms with Crippen LogP contribution >= 0.6 is 15.9 Å². The van der Waals surface area contributed by atoms with Crippen LogP contribution in [0.4, 0.5) is 5.69 Å². The molecule has 0 atom stereocenters. The van der Waals surface area contributed by atoms with Gasteiger partial charge in [0.05, 0.1) is 17.6 Å². The second-order valence-corrected chi connectivity index (χ2v) is 5.39. The molecule has 6 heteroatoms. The number of methoxy groups -OCH3 is 1. The molecule has 4 N–H and O–H groups in total. The van der Waals surface area contributed by atoms with Gasteiger partial charge in [0.2, 0.25) is 5.96 Å². The first kappa shape index (κ1) is 14.1. The zero-order valence-corrected chi connectivity index (χ0v) is 12.5. The number of benzene rings is 1. The van der Waals surface area contributed by atoms with E-state index >= 15 is 0 Å². The summed E-state index contributed by atoms with van der Waals surface area (Å²) in [4.78, 5) is 4.58. The summed E-state index contributed by atoms with van der Waals surface area (Å²) in [5.41, 5.74) is 3.52. The molecular weight excluding hydrogens is 308 g/mol. The highest BCUT2D eigenvalue weighted by molar-refractivity contribution is 9.10. The number of nitrogens with two attached hydrogens (primary N) is 1. The van der Waals surface area contributed by atoms with Crippen molar-refractivity contribution in [3.05, 3.63) is 22.7 Å². The van der Waals surface area contributed by atoms with Gasteiger partial charge in [-0.1, -0.05) is 12.8 Å². The summed E-state index contributed by atoms with van der Waals surface area (Å²) in [6.07, 6.45) is 4.78. The van der Waals surface area contributed by atoms with Crippen molar-refractivity contribution in [2.45, 2.75) is 31.7 Å². The number of hydrogen-bond acceptors (Lipinski definition) is 3. The highest BCUT2D eigenvalue weighted by Gasteiger charge is 2.14. The summed E-state index contributed by atoms with van der Waals surface area (Å²) in [7, 11) is 1.64. The molecule has 0 aromatic heterocycles. The second-order valence-electron chi connectivity index (χ2n) is 4.53. The third-order valence-electron chi connectivity index (χ3n) is 3.19. The maximum absolute atomic E-state index is 5.51. The lowest BCUT2D eigenvalue weighted by Crippen LogP contribution is -2.37. The van der Waals surface area contributed by atoms with Gasteiger partial charge in [-0.25, -0.2) is 10.8 Å². The van der Waals surface area contributed by atoms with E-state index in [1.807, 2.05) is 18.2 Å². The molecule has 0 unspecified atom stereocenters. The van der Waals surface area contributed by atoms with Crippen molar-refractivity contribution in [2.75, 3.05) is 12.4 Å². The number of aliphatic imine (C=N–C) groups is 1. The van der Waals surface area contributed by atoms with Gasteiger partial charge in [-0.15, -0.1) is 0 Å². The van der Waals surface area contributed by atoms with E-state index in [4.69, 9.17) is 10.6 Å². The fourth-order valence-electron chi connectivity index (χ4n) is 2.20. The Kier molecular flexibility index (Phi) is 5.04. The number of rotatable bonds is 3. The monoisotopic (exact) mass is 326 g/mol. The number of ether oxygens (including phenoxy) is 1. The Hall–Kier alpha value is -1.27. The third kappa shape index (κ3) is 3.84. The molecule has 0 heterocycles. The van der Waals surface area contributed by atoms with E-state index in [9.17, 15) is 0 Å². The maximum Gasteiger partial charge on any atom is 0.210 e. The molecule has 0 aliphatic heterocycles. The van der Waals surface area contributed by atoms with Crippen LogP contribution in [0.25, 0.3) is 0 Å². The first-order valence-corrected chi connectivity index (χ1v) is 7.17. The molecule has 1 aliphatic rings. The van der Waals surface area contributed by atoms with Gasteiger partial charge in [-0.05, 0) is 47.0 Å². The van der Waals surface area contributed by atoms with E-state index in [1.54, 1.807) is 7.11 Å². The number of nitrogens with zero attached hydrogens (tertiary/aromatic N) is 1. The Morgan fingerprint density at radius 3 is 2.74 bits per heavy atom. The van der Waals surface area contributed by atoms with E-state index < -0.39 is 0 Å². The van der Waals surface area contributed by atoms with E-state index in [1.165, 1.54) is 12.8 Å². The molecule has 1 aromatic carbocycles. The molecule has 104 valence electrons.